The lowest BCUT2D eigenvalue weighted by atomic mass is 9.84. The van der Waals surface area contributed by atoms with Gasteiger partial charge in [-0.05, 0) is 50.7 Å². The number of hydrogen-bond acceptors (Lipinski definition) is 3. The van der Waals surface area contributed by atoms with E-state index in [1.54, 1.807) is 4.90 Å². The molecule has 1 aromatic rings. The molecule has 29 heavy (non-hydrogen) atoms. The van der Waals surface area contributed by atoms with Crippen molar-refractivity contribution < 1.29 is 14.4 Å². The molecule has 162 valence electrons. The Hall–Kier alpha value is -2.37. The number of aryl methyl sites for hydroxylation is 1. The highest BCUT2D eigenvalue weighted by Gasteiger charge is 2.24. The molecular formula is C23H37N3O3. The molecule has 0 heterocycles. The first-order valence-corrected chi connectivity index (χ1v) is 10.3. The number of hydrogen-bond donors (Lipinski definition) is 2. The second kappa shape index (κ2) is 11.0. The Balaban J connectivity index is 2.51. The Morgan fingerprint density at radius 2 is 1.59 bits per heavy atom. The van der Waals surface area contributed by atoms with E-state index in [-0.39, 0.29) is 48.2 Å². The van der Waals surface area contributed by atoms with Crippen molar-refractivity contribution >= 4 is 23.4 Å². The van der Waals surface area contributed by atoms with E-state index in [1.807, 2.05) is 45.0 Å². The van der Waals surface area contributed by atoms with Crippen molar-refractivity contribution in [3.8, 4) is 0 Å². The molecule has 0 spiro atoms. The van der Waals surface area contributed by atoms with Crippen LogP contribution in [0.4, 0.5) is 5.69 Å². The van der Waals surface area contributed by atoms with Gasteiger partial charge < -0.3 is 15.5 Å². The predicted octanol–water partition coefficient (Wildman–Crippen LogP) is 3.75. The lowest BCUT2D eigenvalue weighted by Gasteiger charge is -2.29. The SMILES string of the molecule is Cc1ccc(NC(=O)CNC(=O)CN(C(=O)C[C@H](C)CC(C)(C)C)C(C)C)cc1. The number of carbonyl (C=O) groups excluding carboxylic acids is 3. The smallest absolute Gasteiger partial charge is 0.243 e. The number of nitrogens with one attached hydrogen (secondary N) is 2. The maximum Gasteiger partial charge on any atom is 0.243 e. The highest BCUT2D eigenvalue weighted by atomic mass is 16.2. The Bertz CT molecular complexity index is 690. The van der Waals surface area contributed by atoms with E-state index in [4.69, 9.17) is 0 Å². The Morgan fingerprint density at radius 3 is 2.10 bits per heavy atom. The fourth-order valence-corrected chi connectivity index (χ4v) is 3.32. The Labute approximate surface area is 175 Å². The van der Waals surface area contributed by atoms with Gasteiger partial charge in [0.15, 0.2) is 0 Å². The van der Waals surface area contributed by atoms with Crippen molar-refractivity contribution in [1.29, 1.82) is 0 Å². The van der Waals surface area contributed by atoms with Gasteiger partial charge in [0.1, 0.15) is 0 Å². The van der Waals surface area contributed by atoms with Crippen LogP contribution in [-0.2, 0) is 14.4 Å². The summed E-state index contributed by atoms with van der Waals surface area (Å²) >= 11 is 0. The molecule has 0 saturated heterocycles. The van der Waals surface area contributed by atoms with Crippen LogP contribution in [0.2, 0.25) is 0 Å². The Morgan fingerprint density at radius 1 is 1.00 bits per heavy atom. The molecule has 0 fully saturated rings. The molecule has 3 amide bonds. The van der Waals surface area contributed by atoms with Crippen LogP contribution in [0.15, 0.2) is 24.3 Å². The van der Waals surface area contributed by atoms with Gasteiger partial charge in [0, 0.05) is 18.2 Å². The van der Waals surface area contributed by atoms with E-state index in [1.165, 1.54) is 0 Å². The van der Waals surface area contributed by atoms with Crippen LogP contribution in [0, 0.1) is 18.3 Å². The molecule has 0 saturated carbocycles. The third-order valence-corrected chi connectivity index (χ3v) is 4.52. The van der Waals surface area contributed by atoms with Crippen LogP contribution in [0.5, 0.6) is 0 Å². The largest absolute Gasteiger partial charge is 0.345 e. The van der Waals surface area contributed by atoms with Gasteiger partial charge in [-0.2, -0.15) is 0 Å². The summed E-state index contributed by atoms with van der Waals surface area (Å²) in [6, 6.07) is 7.35. The number of anilines is 1. The normalized spacial score (nSPS) is 12.4. The van der Waals surface area contributed by atoms with E-state index in [2.05, 4.69) is 38.3 Å². The molecule has 0 radical (unpaired) electrons. The summed E-state index contributed by atoms with van der Waals surface area (Å²) in [7, 11) is 0. The summed E-state index contributed by atoms with van der Waals surface area (Å²) in [5, 5.41) is 5.34. The van der Waals surface area contributed by atoms with Crippen molar-refractivity contribution in [3.05, 3.63) is 29.8 Å². The molecule has 0 aliphatic heterocycles. The summed E-state index contributed by atoms with van der Waals surface area (Å²) in [4.78, 5) is 38.6. The minimum atomic E-state index is -0.338. The van der Waals surface area contributed by atoms with Gasteiger partial charge in [0.25, 0.3) is 0 Å². The van der Waals surface area contributed by atoms with E-state index in [0.717, 1.165) is 12.0 Å². The monoisotopic (exact) mass is 403 g/mol. The van der Waals surface area contributed by atoms with E-state index in [9.17, 15) is 14.4 Å². The number of amides is 3. The van der Waals surface area contributed by atoms with E-state index in [0.29, 0.717) is 12.1 Å². The molecule has 6 nitrogen and oxygen atoms in total. The van der Waals surface area contributed by atoms with Crippen molar-refractivity contribution in [2.75, 3.05) is 18.4 Å². The average molecular weight is 404 g/mol. The predicted molar refractivity (Wildman–Crippen MR) is 118 cm³/mol. The summed E-state index contributed by atoms with van der Waals surface area (Å²) in [6.07, 6.45) is 1.35. The molecule has 0 aliphatic carbocycles. The fraction of sp³-hybridized carbons (Fsp3) is 0.609. The molecular weight excluding hydrogens is 366 g/mol. The first-order valence-electron chi connectivity index (χ1n) is 10.3. The van der Waals surface area contributed by atoms with Crippen molar-refractivity contribution in [1.82, 2.24) is 10.2 Å². The minimum Gasteiger partial charge on any atom is -0.345 e. The number of benzene rings is 1. The second-order valence-corrected chi connectivity index (χ2v) is 9.38. The van der Waals surface area contributed by atoms with Gasteiger partial charge in [0.05, 0.1) is 13.1 Å². The zero-order valence-corrected chi connectivity index (χ0v) is 19.0. The highest BCUT2D eigenvalue weighted by Crippen LogP contribution is 2.26. The third kappa shape index (κ3) is 10.1. The van der Waals surface area contributed by atoms with Crippen LogP contribution in [0.3, 0.4) is 0 Å². The Kier molecular flexibility index (Phi) is 9.34. The van der Waals surface area contributed by atoms with Crippen LogP contribution >= 0.6 is 0 Å². The van der Waals surface area contributed by atoms with Crippen molar-refractivity contribution in [3.63, 3.8) is 0 Å². The third-order valence-electron chi connectivity index (χ3n) is 4.52. The molecule has 0 aliphatic rings. The fourth-order valence-electron chi connectivity index (χ4n) is 3.32. The van der Waals surface area contributed by atoms with Gasteiger partial charge in [-0.3, -0.25) is 14.4 Å². The maximum atomic E-state index is 12.7. The molecule has 0 aromatic heterocycles. The van der Waals surface area contributed by atoms with Crippen molar-refractivity contribution in [2.45, 2.75) is 67.3 Å². The number of carbonyl (C=O) groups is 3. The van der Waals surface area contributed by atoms with Gasteiger partial charge in [-0.25, -0.2) is 0 Å². The minimum absolute atomic E-state index is 0.0315. The standard InChI is InChI=1S/C23H37N3O3/c1-16(2)26(22(29)12-18(4)13-23(5,6)7)15-21(28)24-14-20(27)25-19-10-8-17(3)9-11-19/h8-11,16,18H,12-15H2,1-7H3,(H,24,28)(H,25,27)/t18-/m0/s1. The van der Waals surface area contributed by atoms with Crippen molar-refractivity contribution in [2.24, 2.45) is 11.3 Å². The van der Waals surface area contributed by atoms with Crippen LogP contribution < -0.4 is 10.6 Å². The molecule has 1 rings (SSSR count). The lowest BCUT2D eigenvalue weighted by molar-refractivity contribution is -0.138. The average Bonchev–Trinajstić information content (AvgIpc) is 2.57. The van der Waals surface area contributed by atoms with Gasteiger partial charge in [-0.1, -0.05) is 45.4 Å². The van der Waals surface area contributed by atoms with Gasteiger partial charge >= 0.3 is 0 Å². The summed E-state index contributed by atoms with van der Waals surface area (Å²) in [5.74, 6) is -0.430. The quantitative estimate of drug-likeness (QED) is 0.659. The summed E-state index contributed by atoms with van der Waals surface area (Å²) in [5.41, 5.74) is 1.94. The zero-order valence-electron chi connectivity index (χ0n) is 19.0. The highest BCUT2D eigenvalue weighted by molar-refractivity contribution is 5.95. The first kappa shape index (κ1) is 24.7. The van der Waals surface area contributed by atoms with Crippen LogP contribution in [-0.4, -0.2) is 41.8 Å². The van der Waals surface area contributed by atoms with Gasteiger partial charge in [-0.15, -0.1) is 0 Å². The topological polar surface area (TPSA) is 78.5 Å². The first-order chi connectivity index (χ1) is 13.4. The molecule has 1 aromatic carbocycles. The molecule has 6 heteroatoms. The molecule has 2 N–H and O–H groups in total. The van der Waals surface area contributed by atoms with Crippen LogP contribution in [0.1, 0.15) is 59.9 Å². The zero-order chi connectivity index (χ0) is 22.2. The summed E-state index contributed by atoms with van der Waals surface area (Å²) in [6.45, 7) is 14.1. The lowest BCUT2D eigenvalue weighted by Crippen LogP contribution is -2.46. The van der Waals surface area contributed by atoms with E-state index >= 15 is 0 Å². The number of rotatable bonds is 9. The molecule has 1 atom stereocenters. The second-order valence-electron chi connectivity index (χ2n) is 9.38. The summed E-state index contributed by atoms with van der Waals surface area (Å²) < 4.78 is 0. The maximum absolute atomic E-state index is 12.7. The number of nitrogens with zero attached hydrogens (tertiary/aromatic N) is 1. The van der Waals surface area contributed by atoms with E-state index < -0.39 is 0 Å². The van der Waals surface area contributed by atoms with Crippen LogP contribution in [0.25, 0.3) is 0 Å². The molecule has 0 bridgehead atoms. The molecule has 0 unspecified atom stereocenters. The van der Waals surface area contributed by atoms with Gasteiger partial charge in [0.2, 0.25) is 17.7 Å².